The molecule has 2 aliphatic carbocycles. The molecule has 8 aromatic carbocycles. The van der Waals surface area contributed by atoms with E-state index >= 15 is 0 Å². The molecular formula is C64H56N4. The molecule has 8 aromatic rings. The van der Waals surface area contributed by atoms with Gasteiger partial charge in [0.05, 0.1) is 12.1 Å². The zero-order valence-corrected chi connectivity index (χ0v) is 38.6. The summed E-state index contributed by atoms with van der Waals surface area (Å²) in [5.74, 6) is 1.34. The molecule has 0 saturated heterocycles. The van der Waals surface area contributed by atoms with E-state index in [0.717, 1.165) is 67.2 Å². The standard InChI is InChI=1S/C64H56N4/c1-66-64-54(29-23-48-26-38-58(39-27-48)68(56-20-12-5-13-21-56)60-42-32-52(33-43-60)50-16-8-3-9-17-50)35-44-61-62(64)45-34-53(63(61)46-65)28-22-47-24-36-57(37-25-47)67(55-18-10-4-11-19-55)59-40-30-51(31-41-59)49-14-6-2-7-15-49/h4-5,10-13,18-45,49-50H,2-3,6-9,14-17H2/b28-22+,29-23+. The van der Waals surface area contributed by atoms with Crippen molar-refractivity contribution in [1.29, 1.82) is 5.26 Å². The van der Waals surface area contributed by atoms with Gasteiger partial charge in [-0.05, 0) is 154 Å². The van der Waals surface area contributed by atoms with Gasteiger partial charge in [-0.1, -0.05) is 172 Å². The Labute approximate surface area is 402 Å². The molecule has 4 heteroatoms. The highest BCUT2D eigenvalue weighted by Crippen LogP contribution is 2.41. The van der Waals surface area contributed by atoms with Crippen LogP contribution in [0.2, 0.25) is 0 Å². The first-order valence-electron chi connectivity index (χ1n) is 24.5. The van der Waals surface area contributed by atoms with Crippen molar-refractivity contribution in [3.05, 3.63) is 232 Å². The number of nitrogens with zero attached hydrogens (tertiary/aromatic N) is 4. The molecule has 0 bridgehead atoms. The number of para-hydroxylation sites is 2. The van der Waals surface area contributed by atoms with E-state index < -0.39 is 0 Å². The Kier molecular flexibility index (Phi) is 13.4. The minimum Gasteiger partial charge on any atom is -0.311 e. The molecule has 2 saturated carbocycles. The lowest BCUT2D eigenvalue weighted by atomic mass is 9.84. The van der Waals surface area contributed by atoms with Crippen LogP contribution in [-0.4, -0.2) is 0 Å². The topological polar surface area (TPSA) is 34.6 Å². The van der Waals surface area contributed by atoms with E-state index in [1.54, 1.807) is 0 Å². The third-order valence-corrected chi connectivity index (χ3v) is 14.2. The molecule has 4 nitrogen and oxygen atoms in total. The van der Waals surface area contributed by atoms with Gasteiger partial charge in [0.2, 0.25) is 5.69 Å². The van der Waals surface area contributed by atoms with E-state index in [2.05, 4.69) is 191 Å². The average molecular weight is 881 g/mol. The van der Waals surface area contributed by atoms with Crippen LogP contribution < -0.4 is 9.80 Å². The number of rotatable bonds is 12. The molecule has 2 fully saturated rings. The van der Waals surface area contributed by atoms with Crippen molar-refractivity contribution >= 4 is 74.9 Å². The molecule has 0 unspecified atom stereocenters. The second-order valence-corrected chi connectivity index (χ2v) is 18.4. The van der Waals surface area contributed by atoms with Crippen molar-refractivity contribution in [2.24, 2.45) is 0 Å². The lowest BCUT2D eigenvalue weighted by Crippen LogP contribution is -2.10. The lowest BCUT2D eigenvalue weighted by molar-refractivity contribution is 0.443. The predicted octanol–water partition coefficient (Wildman–Crippen LogP) is 18.6. The maximum absolute atomic E-state index is 10.5. The van der Waals surface area contributed by atoms with Crippen molar-refractivity contribution in [2.75, 3.05) is 9.80 Å². The Morgan fingerprint density at radius 2 is 0.794 bits per heavy atom. The highest BCUT2D eigenvalue weighted by molar-refractivity contribution is 6.03. The van der Waals surface area contributed by atoms with Gasteiger partial charge >= 0.3 is 0 Å². The summed E-state index contributed by atoms with van der Waals surface area (Å²) in [6, 6.07) is 66.9. The highest BCUT2D eigenvalue weighted by Gasteiger charge is 2.20. The number of hydrogen-bond donors (Lipinski definition) is 0. The highest BCUT2D eigenvalue weighted by atomic mass is 15.1. The normalized spacial score (nSPS) is 14.5. The molecule has 0 heterocycles. The van der Waals surface area contributed by atoms with Crippen LogP contribution in [0, 0.1) is 17.9 Å². The molecule has 0 N–H and O–H groups in total. The summed E-state index contributed by atoms with van der Waals surface area (Å²) in [6.45, 7) is 8.23. The first kappa shape index (κ1) is 43.9. The van der Waals surface area contributed by atoms with Crippen molar-refractivity contribution in [3.8, 4) is 6.07 Å². The number of nitriles is 1. The van der Waals surface area contributed by atoms with Gasteiger partial charge in [-0.15, -0.1) is 0 Å². The second kappa shape index (κ2) is 20.7. The number of hydrogen-bond acceptors (Lipinski definition) is 3. The summed E-state index contributed by atoms with van der Waals surface area (Å²) in [6.07, 6.45) is 21.3. The SMILES string of the molecule is [C-]#[N+]c1c(/C=C/c2ccc(N(c3ccccc3)c3ccc(C4CCCCC4)cc3)cc2)ccc2c(C#N)c(/C=C/c3ccc(N(c4ccccc4)c4ccc(C5CCCCC5)cc4)cc3)ccc12. The van der Waals surface area contributed by atoms with Crippen LogP contribution in [-0.2, 0) is 0 Å². The number of fused-ring (bicyclic) bond motifs is 1. The van der Waals surface area contributed by atoms with Gasteiger partial charge in [0.1, 0.15) is 6.07 Å². The third kappa shape index (κ3) is 9.64. The van der Waals surface area contributed by atoms with Gasteiger partial charge in [0, 0.05) is 34.1 Å². The predicted molar refractivity (Wildman–Crippen MR) is 287 cm³/mol. The van der Waals surface area contributed by atoms with Gasteiger partial charge in [-0.3, -0.25) is 0 Å². The molecule has 0 spiro atoms. The molecule has 0 aliphatic heterocycles. The molecular weight excluding hydrogens is 825 g/mol. The minimum atomic E-state index is 0.538. The second-order valence-electron chi connectivity index (χ2n) is 18.4. The Balaban J connectivity index is 0.863. The Hall–Kier alpha value is -7.92. The van der Waals surface area contributed by atoms with Gasteiger partial charge in [0.15, 0.2) is 0 Å². The van der Waals surface area contributed by atoms with Crippen molar-refractivity contribution in [2.45, 2.75) is 76.0 Å². The molecule has 0 atom stereocenters. The van der Waals surface area contributed by atoms with Crippen LogP contribution in [0.15, 0.2) is 182 Å². The van der Waals surface area contributed by atoms with Gasteiger partial charge < -0.3 is 9.80 Å². The van der Waals surface area contributed by atoms with Crippen LogP contribution in [0.3, 0.4) is 0 Å². The largest absolute Gasteiger partial charge is 0.311 e. The third-order valence-electron chi connectivity index (χ3n) is 14.2. The molecule has 332 valence electrons. The van der Waals surface area contributed by atoms with E-state index in [1.165, 1.54) is 75.3 Å². The molecule has 2 aliphatic rings. The van der Waals surface area contributed by atoms with Crippen molar-refractivity contribution < 1.29 is 0 Å². The van der Waals surface area contributed by atoms with Gasteiger partial charge in [-0.25, -0.2) is 4.85 Å². The van der Waals surface area contributed by atoms with E-state index in [1.807, 2.05) is 36.4 Å². The van der Waals surface area contributed by atoms with E-state index in [4.69, 9.17) is 6.57 Å². The molecule has 10 rings (SSSR count). The van der Waals surface area contributed by atoms with Crippen molar-refractivity contribution in [1.82, 2.24) is 0 Å². The first-order chi connectivity index (χ1) is 33.6. The van der Waals surface area contributed by atoms with Crippen LogP contribution >= 0.6 is 0 Å². The summed E-state index contributed by atoms with van der Waals surface area (Å²) >= 11 is 0. The van der Waals surface area contributed by atoms with Crippen LogP contribution in [0.1, 0.15) is 115 Å². The quantitative estimate of drug-likeness (QED) is 0.0906. The zero-order chi connectivity index (χ0) is 46.1. The summed E-state index contributed by atoms with van der Waals surface area (Å²) in [4.78, 5) is 8.62. The van der Waals surface area contributed by atoms with E-state index in [-0.39, 0.29) is 0 Å². The summed E-state index contributed by atoms with van der Waals surface area (Å²) in [7, 11) is 0. The zero-order valence-electron chi connectivity index (χ0n) is 38.6. The molecule has 0 radical (unpaired) electrons. The van der Waals surface area contributed by atoms with Gasteiger partial charge in [0.25, 0.3) is 0 Å². The maximum Gasteiger partial charge on any atom is 0.202 e. The van der Waals surface area contributed by atoms with Crippen LogP contribution in [0.4, 0.5) is 39.8 Å². The fourth-order valence-electron chi connectivity index (χ4n) is 10.5. The monoisotopic (exact) mass is 880 g/mol. The van der Waals surface area contributed by atoms with Crippen LogP contribution in [0.5, 0.6) is 0 Å². The first-order valence-corrected chi connectivity index (χ1v) is 24.5. The number of anilines is 6. The van der Waals surface area contributed by atoms with Crippen LogP contribution in [0.25, 0.3) is 39.9 Å². The van der Waals surface area contributed by atoms with E-state index in [0.29, 0.717) is 23.1 Å². The van der Waals surface area contributed by atoms with E-state index in [9.17, 15) is 5.26 Å². The smallest absolute Gasteiger partial charge is 0.202 e. The Morgan fingerprint density at radius 1 is 0.412 bits per heavy atom. The molecule has 0 aromatic heterocycles. The number of benzene rings is 8. The lowest BCUT2D eigenvalue weighted by Gasteiger charge is -2.27. The summed E-state index contributed by atoms with van der Waals surface area (Å²) in [5.41, 5.74) is 14.4. The summed E-state index contributed by atoms with van der Waals surface area (Å²) in [5, 5.41) is 12.0. The fraction of sp³-hybridized carbons (Fsp3) is 0.188. The van der Waals surface area contributed by atoms with Gasteiger partial charge in [-0.2, -0.15) is 5.26 Å². The Morgan fingerprint density at radius 3 is 1.22 bits per heavy atom. The average Bonchev–Trinajstić information content (AvgIpc) is 3.41. The molecule has 68 heavy (non-hydrogen) atoms. The fourth-order valence-corrected chi connectivity index (χ4v) is 10.5. The summed E-state index contributed by atoms with van der Waals surface area (Å²) < 4.78 is 0. The van der Waals surface area contributed by atoms with Crippen molar-refractivity contribution in [3.63, 3.8) is 0 Å². The maximum atomic E-state index is 10.5. The molecule has 0 amide bonds. The minimum absolute atomic E-state index is 0.538. The Bertz CT molecular complexity index is 2890.